The van der Waals surface area contributed by atoms with E-state index in [1.807, 2.05) is 33.8 Å². The van der Waals surface area contributed by atoms with E-state index in [0.717, 1.165) is 36.6 Å². The van der Waals surface area contributed by atoms with Crippen LogP contribution in [0.5, 0.6) is 0 Å². The summed E-state index contributed by atoms with van der Waals surface area (Å²) in [5, 5.41) is 1.01. The van der Waals surface area contributed by atoms with E-state index in [2.05, 4.69) is 4.37 Å². The van der Waals surface area contributed by atoms with Gasteiger partial charge in [0.1, 0.15) is 5.60 Å². The maximum absolute atomic E-state index is 12.5. The van der Waals surface area contributed by atoms with Gasteiger partial charge >= 0.3 is 6.09 Å². The average molecular weight is 269 g/mol. The van der Waals surface area contributed by atoms with E-state index in [-0.39, 0.29) is 6.09 Å². The van der Waals surface area contributed by atoms with Gasteiger partial charge in [0.25, 0.3) is 0 Å². The summed E-state index contributed by atoms with van der Waals surface area (Å²) in [5.74, 6) is 0. The fourth-order valence-corrected chi connectivity index (χ4v) is 3.20. The SMILES string of the molecule is Cc1cc([N+]2(C(=O)OC(C)(C)C)CCCC2)sn1. The zero-order chi connectivity index (χ0) is 13.4. The van der Waals surface area contributed by atoms with Crippen LogP contribution in [0.1, 0.15) is 39.3 Å². The molecule has 0 radical (unpaired) electrons. The van der Waals surface area contributed by atoms with Crippen molar-refractivity contribution in [1.29, 1.82) is 0 Å². The zero-order valence-corrected chi connectivity index (χ0v) is 12.3. The molecule has 0 atom stereocenters. The van der Waals surface area contributed by atoms with Crippen LogP contribution in [0, 0.1) is 6.92 Å². The van der Waals surface area contributed by atoms with Gasteiger partial charge in [0.05, 0.1) is 18.8 Å². The number of quaternary nitrogens is 1. The lowest BCUT2D eigenvalue weighted by Crippen LogP contribution is -2.53. The summed E-state index contributed by atoms with van der Waals surface area (Å²) in [6, 6.07) is 2.01. The Morgan fingerprint density at radius 2 is 2.00 bits per heavy atom. The Hall–Kier alpha value is -0.940. The predicted molar refractivity (Wildman–Crippen MR) is 73.8 cm³/mol. The van der Waals surface area contributed by atoms with Crippen LogP contribution in [0.3, 0.4) is 0 Å². The van der Waals surface area contributed by atoms with E-state index in [4.69, 9.17) is 4.74 Å². The molecular weight excluding hydrogens is 248 g/mol. The number of carbonyl (C=O) groups excluding carboxylic acids is 1. The summed E-state index contributed by atoms with van der Waals surface area (Å²) in [7, 11) is 0. The first kappa shape index (κ1) is 13.5. The monoisotopic (exact) mass is 269 g/mol. The minimum Gasteiger partial charge on any atom is -0.414 e. The summed E-state index contributed by atoms with van der Waals surface area (Å²) >= 11 is 1.42. The molecule has 0 N–H and O–H groups in total. The molecule has 1 aromatic rings. The molecule has 1 amide bonds. The number of aromatic nitrogens is 1. The lowest BCUT2D eigenvalue weighted by atomic mass is 10.2. The van der Waals surface area contributed by atoms with Crippen LogP contribution < -0.4 is 4.48 Å². The molecule has 2 heterocycles. The van der Waals surface area contributed by atoms with Gasteiger partial charge in [-0.15, -0.1) is 0 Å². The summed E-state index contributed by atoms with van der Waals surface area (Å²) in [6.07, 6.45) is 2.00. The summed E-state index contributed by atoms with van der Waals surface area (Å²) < 4.78 is 10.2. The van der Waals surface area contributed by atoms with Crippen molar-refractivity contribution in [3.63, 3.8) is 0 Å². The minimum atomic E-state index is -0.440. The van der Waals surface area contributed by atoms with E-state index in [9.17, 15) is 4.79 Å². The van der Waals surface area contributed by atoms with Crippen LogP contribution in [-0.2, 0) is 4.74 Å². The number of aryl methyl sites for hydroxylation is 1. The molecule has 0 unspecified atom stereocenters. The molecule has 1 aliphatic heterocycles. The fourth-order valence-electron chi connectivity index (χ4n) is 2.27. The van der Waals surface area contributed by atoms with Gasteiger partial charge in [0.15, 0.2) is 0 Å². The standard InChI is InChI=1S/C13H21N2O2S/c1-10-9-11(18-14-10)15(7-5-6-8-15)12(16)17-13(2,3)4/h9H,5-8H2,1-4H3/q+1. The van der Waals surface area contributed by atoms with E-state index >= 15 is 0 Å². The minimum absolute atomic E-state index is 0.136. The molecular formula is C13H21N2O2S+. The molecule has 0 aliphatic carbocycles. The highest BCUT2D eigenvalue weighted by Gasteiger charge is 2.47. The summed E-state index contributed by atoms with van der Waals surface area (Å²) in [5.41, 5.74) is 0.535. The Morgan fingerprint density at radius 1 is 1.39 bits per heavy atom. The summed E-state index contributed by atoms with van der Waals surface area (Å²) in [6.45, 7) is 9.36. The Balaban J connectivity index is 2.30. The van der Waals surface area contributed by atoms with Crippen molar-refractivity contribution in [3.8, 4) is 0 Å². The first-order chi connectivity index (χ1) is 8.33. The molecule has 1 aromatic heterocycles. The van der Waals surface area contributed by atoms with Crippen LogP contribution in [0.4, 0.5) is 9.80 Å². The van der Waals surface area contributed by atoms with Crippen molar-refractivity contribution < 1.29 is 9.53 Å². The van der Waals surface area contributed by atoms with Gasteiger partial charge in [-0.25, -0.2) is 0 Å². The number of carbonyl (C=O) groups is 1. The van der Waals surface area contributed by atoms with Gasteiger partial charge in [0.2, 0.25) is 5.00 Å². The molecule has 1 fully saturated rings. The molecule has 0 saturated carbocycles. The van der Waals surface area contributed by atoms with E-state index in [1.54, 1.807) is 0 Å². The van der Waals surface area contributed by atoms with Crippen molar-refractivity contribution >= 4 is 22.6 Å². The van der Waals surface area contributed by atoms with Crippen molar-refractivity contribution in [2.45, 2.75) is 46.1 Å². The van der Waals surface area contributed by atoms with Crippen LogP contribution in [0.2, 0.25) is 0 Å². The van der Waals surface area contributed by atoms with Crippen molar-refractivity contribution in [3.05, 3.63) is 11.8 Å². The van der Waals surface area contributed by atoms with Crippen molar-refractivity contribution in [1.82, 2.24) is 8.86 Å². The van der Waals surface area contributed by atoms with Gasteiger partial charge in [0, 0.05) is 30.4 Å². The van der Waals surface area contributed by atoms with E-state index in [0.29, 0.717) is 4.48 Å². The van der Waals surface area contributed by atoms with Gasteiger partial charge < -0.3 is 4.74 Å². The highest BCUT2D eigenvalue weighted by Crippen LogP contribution is 2.35. The molecule has 4 nitrogen and oxygen atoms in total. The molecule has 0 aromatic carbocycles. The molecule has 5 heteroatoms. The van der Waals surface area contributed by atoms with Gasteiger partial charge in [-0.05, 0) is 27.7 Å². The maximum Gasteiger partial charge on any atom is 0.522 e. The van der Waals surface area contributed by atoms with Crippen LogP contribution in [-0.4, -0.2) is 29.2 Å². The first-order valence-electron chi connectivity index (χ1n) is 6.38. The quantitative estimate of drug-likeness (QED) is 0.733. The lowest BCUT2D eigenvalue weighted by molar-refractivity contribution is 0.0309. The number of hydrogen-bond donors (Lipinski definition) is 0. The number of rotatable bonds is 1. The Bertz CT molecular complexity index is 442. The Kier molecular flexibility index (Phi) is 3.47. The number of amides is 1. The van der Waals surface area contributed by atoms with Gasteiger partial charge in [-0.3, -0.25) is 0 Å². The third-order valence-corrected chi connectivity index (χ3v) is 4.14. The molecule has 0 spiro atoms. The van der Waals surface area contributed by atoms with E-state index < -0.39 is 5.60 Å². The second-order valence-corrected chi connectivity index (χ2v) is 6.69. The highest BCUT2D eigenvalue weighted by molar-refractivity contribution is 7.10. The Morgan fingerprint density at radius 3 is 2.44 bits per heavy atom. The highest BCUT2D eigenvalue weighted by atomic mass is 32.1. The smallest absolute Gasteiger partial charge is 0.414 e. The second-order valence-electron chi connectivity index (χ2n) is 5.91. The van der Waals surface area contributed by atoms with Crippen molar-refractivity contribution in [2.24, 2.45) is 0 Å². The largest absolute Gasteiger partial charge is 0.522 e. The average Bonchev–Trinajstić information content (AvgIpc) is 2.83. The first-order valence-corrected chi connectivity index (χ1v) is 7.15. The molecule has 1 aliphatic rings. The molecule has 100 valence electrons. The molecule has 0 bridgehead atoms. The van der Waals surface area contributed by atoms with Crippen LogP contribution in [0.15, 0.2) is 6.07 Å². The predicted octanol–water partition coefficient (Wildman–Crippen LogP) is 3.49. The number of nitrogens with zero attached hydrogens (tertiary/aromatic N) is 2. The normalized spacial score (nSPS) is 18.9. The van der Waals surface area contributed by atoms with Crippen molar-refractivity contribution in [2.75, 3.05) is 13.1 Å². The van der Waals surface area contributed by atoms with Gasteiger partial charge in [-0.2, -0.15) is 13.7 Å². The van der Waals surface area contributed by atoms with E-state index in [1.165, 1.54) is 11.5 Å². The number of hydrogen-bond acceptors (Lipinski definition) is 4. The molecule has 18 heavy (non-hydrogen) atoms. The molecule has 2 rings (SSSR count). The topological polar surface area (TPSA) is 39.2 Å². The fraction of sp³-hybridized carbons (Fsp3) is 0.692. The molecule has 1 saturated heterocycles. The lowest BCUT2D eigenvalue weighted by Gasteiger charge is -2.30. The maximum atomic E-state index is 12.5. The zero-order valence-electron chi connectivity index (χ0n) is 11.5. The van der Waals surface area contributed by atoms with Crippen LogP contribution in [0.25, 0.3) is 0 Å². The van der Waals surface area contributed by atoms with Crippen LogP contribution >= 0.6 is 11.5 Å². The second kappa shape index (κ2) is 4.63. The third kappa shape index (κ3) is 2.57. The summed E-state index contributed by atoms with van der Waals surface area (Å²) in [4.78, 5) is 12.5. The third-order valence-electron chi connectivity index (χ3n) is 3.11. The number of likely N-dealkylation sites (tertiary alicyclic amines) is 1. The van der Waals surface area contributed by atoms with Gasteiger partial charge in [-0.1, -0.05) is 0 Å². The Labute approximate surface area is 112 Å². The number of ether oxygens (including phenoxy) is 1.